The second-order valence-corrected chi connectivity index (χ2v) is 12.0. The fourth-order valence-electron chi connectivity index (χ4n) is 4.57. The predicted molar refractivity (Wildman–Crippen MR) is 148 cm³/mol. The van der Waals surface area contributed by atoms with Gasteiger partial charge >= 0.3 is 0 Å². The summed E-state index contributed by atoms with van der Waals surface area (Å²) in [7, 11) is 3.21. The molecule has 0 aliphatic carbocycles. The average Bonchev–Trinajstić information content (AvgIpc) is 3.30. The molecule has 0 saturated heterocycles. The van der Waals surface area contributed by atoms with Gasteiger partial charge in [-0.05, 0) is 45.7 Å². The smallest absolute Gasteiger partial charge is 0.240 e. The first-order valence-electron chi connectivity index (χ1n) is 12.3. The summed E-state index contributed by atoms with van der Waals surface area (Å²) < 4.78 is 13.0. The van der Waals surface area contributed by atoms with Crippen molar-refractivity contribution < 1.29 is 14.3 Å². The summed E-state index contributed by atoms with van der Waals surface area (Å²) in [6.07, 6.45) is 0.570. The number of para-hydroxylation sites is 1. The number of methoxy groups -OCH3 is 2. The van der Waals surface area contributed by atoms with Crippen LogP contribution in [0.3, 0.4) is 0 Å². The zero-order chi connectivity index (χ0) is 27.4. The maximum Gasteiger partial charge on any atom is 0.240 e. The quantitative estimate of drug-likeness (QED) is 0.379. The lowest BCUT2D eigenvalue weighted by molar-refractivity contribution is -0.118. The number of hydrogen-bond acceptors (Lipinski definition) is 8. The number of tetrazole rings is 1. The van der Waals surface area contributed by atoms with Gasteiger partial charge in [0.2, 0.25) is 5.91 Å². The van der Waals surface area contributed by atoms with Crippen LogP contribution in [0.5, 0.6) is 11.5 Å². The highest BCUT2D eigenvalue weighted by molar-refractivity contribution is 8.01. The van der Waals surface area contributed by atoms with Gasteiger partial charge in [-0.1, -0.05) is 44.5 Å². The van der Waals surface area contributed by atoms with Crippen LogP contribution in [0.15, 0.2) is 36.4 Å². The molecular weight excluding hydrogens is 524 g/mol. The number of nitriles is 1. The maximum absolute atomic E-state index is 14.3. The summed E-state index contributed by atoms with van der Waals surface area (Å²) >= 11 is 8.04. The lowest BCUT2D eigenvalue weighted by Gasteiger charge is -2.31. The predicted octanol–water partition coefficient (Wildman–Crippen LogP) is 5.08. The molecule has 1 aliphatic rings. The molecule has 0 spiro atoms. The van der Waals surface area contributed by atoms with E-state index in [9.17, 15) is 4.79 Å². The molecule has 0 bridgehead atoms. The number of ether oxygens (including phenoxy) is 2. The number of rotatable bonds is 8. The number of thioether (sulfide) groups is 1. The molecule has 0 saturated carbocycles. The van der Waals surface area contributed by atoms with Gasteiger partial charge in [0.1, 0.15) is 0 Å². The minimum absolute atomic E-state index is 0.0345. The van der Waals surface area contributed by atoms with Crippen LogP contribution in [0.4, 0.5) is 5.69 Å². The average molecular weight is 555 g/mol. The van der Waals surface area contributed by atoms with Crippen molar-refractivity contribution in [1.29, 1.82) is 5.26 Å². The summed E-state index contributed by atoms with van der Waals surface area (Å²) in [5.74, 6) is 1.73. The molecule has 1 amide bonds. The minimum Gasteiger partial charge on any atom is -0.493 e. The normalized spacial score (nSPS) is 17.5. The Kier molecular flexibility index (Phi) is 8.48. The topological polar surface area (TPSA) is 106 Å². The SMILES string of the molecule is COc1cccc([C@H]2S[C@H](Cc3nnnn3CCC#N)C(=O)N(CC(C)(C)C)c3ccc(Cl)cc32)c1OC. The molecule has 2 atom stereocenters. The van der Waals surface area contributed by atoms with Crippen molar-refractivity contribution in [2.75, 3.05) is 25.7 Å². The Balaban J connectivity index is 1.88. The third-order valence-electron chi connectivity index (χ3n) is 6.16. The standard InChI is InChI=1S/C27H31ClN6O3S/c1-27(2,3)16-33-20-11-10-17(28)14-19(20)25(18-8-6-9-21(36-4)24(18)37-5)38-22(26(33)35)15-23-30-31-32-34(23)13-7-12-29/h6,8-11,14,22,25H,7,13,15-16H2,1-5H3/t22-,25-/m1/s1. The van der Waals surface area contributed by atoms with E-state index in [4.69, 9.17) is 26.3 Å². The van der Waals surface area contributed by atoms with E-state index in [0.717, 1.165) is 16.8 Å². The number of hydrogen-bond donors (Lipinski definition) is 0. The molecular formula is C27H31ClN6O3S. The first kappa shape index (κ1) is 27.7. The van der Waals surface area contributed by atoms with Crippen LogP contribution in [-0.4, -0.2) is 52.1 Å². The zero-order valence-electron chi connectivity index (χ0n) is 22.1. The molecule has 2 aromatic carbocycles. The highest BCUT2D eigenvalue weighted by atomic mass is 35.5. The van der Waals surface area contributed by atoms with Gasteiger partial charge in [-0.15, -0.1) is 16.9 Å². The monoisotopic (exact) mass is 554 g/mol. The van der Waals surface area contributed by atoms with Crippen molar-refractivity contribution in [1.82, 2.24) is 20.2 Å². The van der Waals surface area contributed by atoms with Gasteiger partial charge in [-0.25, -0.2) is 4.68 Å². The molecule has 1 aliphatic heterocycles. The molecule has 9 nitrogen and oxygen atoms in total. The summed E-state index contributed by atoms with van der Waals surface area (Å²) in [4.78, 5) is 16.1. The first-order chi connectivity index (χ1) is 18.2. The highest BCUT2D eigenvalue weighted by Gasteiger charge is 2.39. The summed E-state index contributed by atoms with van der Waals surface area (Å²) in [6, 6.07) is 13.5. The second kappa shape index (κ2) is 11.6. The van der Waals surface area contributed by atoms with E-state index in [-0.39, 0.29) is 23.0 Å². The van der Waals surface area contributed by atoms with Crippen LogP contribution in [0.25, 0.3) is 0 Å². The second-order valence-electron chi connectivity index (χ2n) is 10.2. The molecule has 3 aromatic rings. The Labute approximate surface area is 232 Å². The van der Waals surface area contributed by atoms with E-state index in [0.29, 0.717) is 41.9 Å². The number of fused-ring (bicyclic) bond motifs is 1. The molecule has 0 radical (unpaired) electrons. The first-order valence-corrected chi connectivity index (χ1v) is 13.6. The van der Waals surface area contributed by atoms with Crippen molar-refractivity contribution in [3.05, 3.63) is 58.4 Å². The lowest BCUT2D eigenvalue weighted by Crippen LogP contribution is -2.43. The zero-order valence-corrected chi connectivity index (χ0v) is 23.7. The van der Waals surface area contributed by atoms with Gasteiger partial charge < -0.3 is 14.4 Å². The van der Waals surface area contributed by atoms with Crippen LogP contribution in [0.2, 0.25) is 5.02 Å². The Hall–Kier alpha value is -3.29. The van der Waals surface area contributed by atoms with Gasteiger partial charge in [-0.2, -0.15) is 5.26 Å². The Morgan fingerprint density at radius 3 is 2.63 bits per heavy atom. The van der Waals surface area contributed by atoms with Crippen molar-refractivity contribution in [2.24, 2.45) is 5.41 Å². The van der Waals surface area contributed by atoms with Crippen LogP contribution in [-0.2, 0) is 17.8 Å². The number of aromatic nitrogens is 4. The molecule has 11 heteroatoms. The van der Waals surface area contributed by atoms with Crippen LogP contribution in [0, 0.1) is 16.7 Å². The largest absolute Gasteiger partial charge is 0.493 e. The molecule has 0 unspecified atom stereocenters. The molecule has 0 N–H and O–H groups in total. The summed E-state index contributed by atoms with van der Waals surface area (Å²) in [5.41, 5.74) is 2.44. The molecule has 4 rings (SSSR count). The van der Waals surface area contributed by atoms with Gasteiger partial charge in [0.15, 0.2) is 17.3 Å². The minimum atomic E-state index is -0.517. The third kappa shape index (κ3) is 5.89. The van der Waals surface area contributed by atoms with Crippen molar-refractivity contribution in [3.8, 4) is 17.6 Å². The number of carbonyl (C=O) groups excluding carboxylic acids is 1. The molecule has 0 fully saturated rings. The van der Waals surface area contributed by atoms with Gasteiger partial charge in [-0.3, -0.25) is 4.79 Å². The Morgan fingerprint density at radius 2 is 1.95 bits per heavy atom. The summed E-state index contributed by atoms with van der Waals surface area (Å²) in [6.45, 7) is 7.19. The van der Waals surface area contributed by atoms with E-state index in [1.807, 2.05) is 41.3 Å². The summed E-state index contributed by atoms with van der Waals surface area (Å²) in [5, 5.41) is 20.9. The number of amides is 1. The van der Waals surface area contributed by atoms with Gasteiger partial charge in [0.25, 0.3) is 0 Å². The van der Waals surface area contributed by atoms with Gasteiger partial charge in [0.05, 0.1) is 43.8 Å². The number of benzene rings is 2. The van der Waals surface area contributed by atoms with E-state index in [2.05, 4.69) is 42.4 Å². The van der Waals surface area contributed by atoms with E-state index in [1.165, 1.54) is 11.8 Å². The third-order valence-corrected chi connectivity index (χ3v) is 7.87. The van der Waals surface area contributed by atoms with Crippen LogP contribution >= 0.6 is 23.4 Å². The van der Waals surface area contributed by atoms with Gasteiger partial charge in [0, 0.05) is 29.2 Å². The highest BCUT2D eigenvalue weighted by Crippen LogP contribution is 2.51. The van der Waals surface area contributed by atoms with Crippen molar-refractivity contribution in [3.63, 3.8) is 0 Å². The molecule has 200 valence electrons. The molecule has 38 heavy (non-hydrogen) atoms. The van der Waals surface area contributed by atoms with Crippen molar-refractivity contribution in [2.45, 2.75) is 50.7 Å². The fraction of sp³-hybridized carbons (Fsp3) is 0.444. The van der Waals surface area contributed by atoms with E-state index in [1.54, 1.807) is 18.9 Å². The Bertz CT molecular complexity index is 1350. The maximum atomic E-state index is 14.3. The fourth-order valence-corrected chi connectivity index (χ4v) is 6.23. The number of nitrogens with zero attached hydrogens (tertiary/aromatic N) is 6. The number of anilines is 1. The molecule has 2 heterocycles. The van der Waals surface area contributed by atoms with Crippen LogP contribution < -0.4 is 14.4 Å². The lowest BCUT2D eigenvalue weighted by atomic mass is 9.94. The van der Waals surface area contributed by atoms with E-state index < -0.39 is 5.25 Å². The number of halogens is 1. The Morgan fingerprint density at radius 1 is 1.16 bits per heavy atom. The molecule has 1 aromatic heterocycles. The number of aryl methyl sites for hydroxylation is 1. The number of carbonyl (C=O) groups is 1. The van der Waals surface area contributed by atoms with Crippen LogP contribution in [0.1, 0.15) is 49.4 Å². The van der Waals surface area contributed by atoms with E-state index >= 15 is 0 Å². The van der Waals surface area contributed by atoms with Crippen molar-refractivity contribution >= 4 is 35.0 Å².